The average molecular weight is 453 g/mol. The molecule has 136 valence electrons. The molecular formula is C17H26F2IN3O. The Kier molecular flexibility index (Phi) is 9.50. The van der Waals surface area contributed by atoms with Crippen LogP contribution in [0, 0.1) is 17.6 Å². The summed E-state index contributed by atoms with van der Waals surface area (Å²) in [4.78, 5) is 4.44. The van der Waals surface area contributed by atoms with Crippen molar-refractivity contribution in [3.8, 4) is 0 Å². The predicted octanol–water partition coefficient (Wildman–Crippen LogP) is 3.63. The lowest BCUT2D eigenvalue weighted by atomic mass is 10.1. The maximum absolute atomic E-state index is 13.3. The lowest BCUT2D eigenvalue weighted by molar-refractivity contribution is 0.131. The minimum atomic E-state index is -0.841. The third-order valence-corrected chi connectivity index (χ3v) is 3.70. The summed E-state index contributed by atoms with van der Waals surface area (Å²) < 4.78 is 31.9. The van der Waals surface area contributed by atoms with E-state index in [0.29, 0.717) is 24.7 Å². The number of benzene rings is 1. The highest BCUT2D eigenvalue weighted by Gasteiger charge is 2.20. The highest BCUT2D eigenvalue weighted by molar-refractivity contribution is 14.0. The second kappa shape index (κ2) is 10.8. The molecule has 1 aliphatic rings. The van der Waals surface area contributed by atoms with Crippen molar-refractivity contribution in [2.24, 2.45) is 10.9 Å². The second-order valence-corrected chi connectivity index (χ2v) is 5.82. The lowest BCUT2D eigenvalue weighted by Gasteiger charge is -2.18. The molecule has 0 bridgehead atoms. The molecule has 1 aromatic carbocycles. The van der Waals surface area contributed by atoms with Crippen LogP contribution in [0.15, 0.2) is 23.2 Å². The Bertz CT molecular complexity index is 539. The van der Waals surface area contributed by atoms with Gasteiger partial charge < -0.3 is 15.4 Å². The van der Waals surface area contributed by atoms with Crippen LogP contribution >= 0.6 is 24.0 Å². The molecule has 0 radical (unpaired) electrons. The van der Waals surface area contributed by atoms with E-state index in [-0.39, 0.29) is 30.0 Å². The van der Waals surface area contributed by atoms with Gasteiger partial charge in [0, 0.05) is 13.2 Å². The number of aliphatic imine (C=N–C) groups is 1. The smallest absolute Gasteiger partial charge is 0.191 e. The molecule has 4 nitrogen and oxygen atoms in total. The molecule has 1 aromatic rings. The summed E-state index contributed by atoms with van der Waals surface area (Å²) in [6, 6.07) is 3.72. The van der Waals surface area contributed by atoms with Gasteiger partial charge >= 0.3 is 0 Å². The molecule has 1 fully saturated rings. The molecular weight excluding hydrogens is 427 g/mol. The van der Waals surface area contributed by atoms with Gasteiger partial charge in [-0.25, -0.2) is 8.78 Å². The number of guanidine groups is 1. The fraction of sp³-hybridized carbons (Fsp3) is 0.588. The fourth-order valence-electron chi connectivity index (χ4n) is 2.15. The zero-order valence-electron chi connectivity index (χ0n) is 14.1. The summed E-state index contributed by atoms with van der Waals surface area (Å²) in [6.07, 6.45) is 2.55. The first-order valence-electron chi connectivity index (χ1n) is 8.17. The molecule has 0 spiro atoms. The molecule has 2 N–H and O–H groups in total. The molecule has 1 atom stereocenters. The molecule has 24 heavy (non-hydrogen) atoms. The quantitative estimate of drug-likeness (QED) is 0.274. The van der Waals surface area contributed by atoms with Crippen LogP contribution in [0.3, 0.4) is 0 Å². The topological polar surface area (TPSA) is 45.7 Å². The van der Waals surface area contributed by atoms with Crippen LogP contribution in [0.2, 0.25) is 0 Å². The van der Waals surface area contributed by atoms with Crippen molar-refractivity contribution >= 4 is 29.9 Å². The minimum Gasteiger partial charge on any atom is -0.379 e. The molecule has 0 saturated heterocycles. The second-order valence-electron chi connectivity index (χ2n) is 5.82. The van der Waals surface area contributed by atoms with E-state index in [4.69, 9.17) is 4.74 Å². The summed E-state index contributed by atoms with van der Waals surface area (Å²) in [7, 11) is 0. The summed E-state index contributed by atoms with van der Waals surface area (Å²) in [6.45, 7) is 6.55. The van der Waals surface area contributed by atoms with Gasteiger partial charge in [0.25, 0.3) is 0 Å². The first-order valence-corrected chi connectivity index (χ1v) is 8.17. The molecule has 0 aliphatic heterocycles. The maximum atomic E-state index is 13.3. The van der Waals surface area contributed by atoms with E-state index in [0.717, 1.165) is 25.1 Å². The first kappa shape index (κ1) is 21.1. The molecule has 0 aromatic heterocycles. The largest absolute Gasteiger partial charge is 0.379 e. The molecule has 2 rings (SSSR count). The van der Waals surface area contributed by atoms with Crippen molar-refractivity contribution < 1.29 is 13.5 Å². The number of nitrogens with one attached hydrogen (secondary N) is 2. The summed E-state index contributed by atoms with van der Waals surface area (Å²) in [5.74, 6) is -0.292. The van der Waals surface area contributed by atoms with Gasteiger partial charge in [0.2, 0.25) is 0 Å². The standard InChI is InChI=1S/C17H25F2N3O.HI/c1-3-20-17(21-8-9-23-11-13-4-5-13)22-12(2)14-6-7-15(18)16(19)10-14;/h6-7,10,12-13H,3-5,8-9,11H2,1-2H3,(H2,20,21,22);1H. The summed E-state index contributed by atoms with van der Waals surface area (Å²) in [5.41, 5.74) is 0.666. The SMILES string of the molecule is CCNC(=NCCOCC1CC1)NC(C)c1ccc(F)c(F)c1.I. The Morgan fingerprint density at radius 1 is 1.33 bits per heavy atom. The minimum absolute atomic E-state index is 0. The predicted molar refractivity (Wildman–Crippen MR) is 103 cm³/mol. The molecule has 1 aliphatic carbocycles. The number of ether oxygens (including phenoxy) is 1. The molecule has 1 saturated carbocycles. The molecule has 0 amide bonds. The Morgan fingerprint density at radius 3 is 2.71 bits per heavy atom. The summed E-state index contributed by atoms with van der Waals surface area (Å²) >= 11 is 0. The maximum Gasteiger partial charge on any atom is 0.191 e. The van der Waals surface area contributed by atoms with Crippen LogP contribution in [0.1, 0.15) is 38.3 Å². The third kappa shape index (κ3) is 7.29. The van der Waals surface area contributed by atoms with Crippen LogP contribution in [0.4, 0.5) is 8.78 Å². The lowest BCUT2D eigenvalue weighted by Crippen LogP contribution is -2.39. The van der Waals surface area contributed by atoms with Gasteiger partial charge in [-0.2, -0.15) is 0 Å². The number of halogens is 3. The van der Waals surface area contributed by atoms with E-state index < -0.39 is 11.6 Å². The van der Waals surface area contributed by atoms with Gasteiger partial charge in [-0.1, -0.05) is 6.07 Å². The summed E-state index contributed by atoms with van der Waals surface area (Å²) in [5, 5.41) is 6.32. The average Bonchev–Trinajstić information content (AvgIpc) is 3.34. The van der Waals surface area contributed by atoms with Gasteiger partial charge in [-0.15, -0.1) is 24.0 Å². The van der Waals surface area contributed by atoms with Crippen molar-refractivity contribution in [3.63, 3.8) is 0 Å². The number of rotatable bonds is 8. The van der Waals surface area contributed by atoms with Crippen molar-refractivity contribution in [2.45, 2.75) is 32.7 Å². The van der Waals surface area contributed by atoms with Gasteiger partial charge in [0.15, 0.2) is 17.6 Å². The van der Waals surface area contributed by atoms with Gasteiger partial charge in [0.05, 0.1) is 19.2 Å². The van der Waals surface area contributed by atoms with Crippen molar-refractivity contribution in [3.05, 3.63) is 35.4 Å². The van der Waals surface area contributed by atoms with E-state index in [2.05, 4.69) is 15.6 Å². The Morgan fingerprint density at radius 2 is 2.08 bits per heavy atom. The fourth-order valence-corrected chi connectivity index (χ4v) is 2.15. The van der Waals surface area contributed by atoms with Gasteiger partial charge in [-0.3, -0.25) is 4.99 Å². The van der Waals surface area contributed by atoms with E-state index >= 15 is 0 Å². The van der Waals surface area contributed by atoms with E-state index in [9.17, 15) is 8.78 Å². The number of hydrogen-bond donors (Lipinski definition) is 2. The Balaban J connectivity index is 0.00000288. The normalized spacial score (nSPS) is 15.6. The highest BCUT2D eigenvalue weighted by atomic mass is 127. The Hall–Kier alpha value is -0.960. The van der Waals surface area contributed by atoms with Gasteiger partial charge in [0.1, 0.15) is 0 Å². The van der Waals surface area contributed by atoms with Crippen LogP contribution in [-0.4, -0.2) is 32.3 Å². The molecule has 7 heteroatoms. The van der Waals surface area contributed by atoms with Crippen molar-refractivity contribution in [1.29, 1.82) is 0 Å². The monoisotopic (exact) mass is 453 g/mol. The number of hydrogen-bond acceptors (Lipinski definition) is 2. The van der Waals surface area contributed by atoms with Gasteiger partial charge in [-0.05, 0) is 50.3 Å². The highest BCUT2D eigenvalue weighted by Crippen LogP contribution is 2.28. The van der Waals surface area contributed by atoms with Crippen LogP contribution in [-0.2, 0) is 4.74 Å². The van der Waals surface area contributed by atoms with Crippen LogP contribution in [0.25, 0.3) is 0 Å². The number of nitrogens with zero attached hydrogens (tertiary/aromatic N) is 1. The van der Waals surface area contributed by atoms with Crippen molar-refractivity contribution in [2.75, 3.05) is 26.3 Å². The van der Waals surface area contributed by atoms with E-state index in [1.807, 2.05) is 13.8 Å². The van der Waals surface area contributed by atoms with Crippen LogP contribution in [0.5, 0.6) is 0 Å². The third-order valence-electron chi connectivity index (χ3n) is 3.70. The first-order chi connectivity index (χ1) is 11.1. The Labute approximate surface area is 159 Å². The van der Waals surface area contributed by atoms with Crippen LogP contribution < -0.4 is 10.6 Å². The van der Waals surface area contributed by atoms with Crippen molar-refractivity contribution in [1.82, 2.24) is 10.6 Å². The molecule has 0 heterocycles. The van der Waals surface area contributed by atoms with E-state index in [1.165, 1.54) is 18.9 Å². The zero-order chi connectivity index (χ0) is 16.7. The zero-order valence-corrected chi connectivity index (χ0v) is 16.5. The molecule has 1 unspecified atom stereocenters. The van der Waals surface area contributed by atoms with E-state index in [1.54, 1.807) is 6.07 Å².